The van der Waals surface area contributed by atoms with Crippen LogP contribution in [-0.2, 0) is 0 Å². The fraction of sp³-hybridized carbons (Fsp3) is 0.300. The quantitative estimate of drug-likeness (QED) is 0.652. The van der Waals surface area contributed by atoms with Gasteiger partial charge in [0.15, 0.2) is 0 Å². The standard InChI is InChI=1S/C20H22O/c1-4-5-7-10-16(2)20-14-13-19(15-17(20)3)21-18-11-8-6-9-12-18/h6,8-9,11-16H,4,10H2,1-3H3. The molecule has 108 valence electrons. The lowest BCUT2D eigenvalue weighted by atomic mass is 9.94. The van der Waals surface area contributed by atoms with Crippen LogP contribution in [0.25, 0.3) is 0 Å². The van der Waals surface area contributed by atoms with Gasteiger partial charge < -0.3 is 4.74 Å². The molecule has 1 atom stereocenters. The van der Waals surface area contributed by atoms with Crippen molar-refractivity contribution in [1.29, 1.82) is 0 Å². The minimum absolute atomic E-state index is 0.454. The van der Waals surface area contributed by atoms with Crippen LogP contribution in [0.3, 0.4) is 0 Å². The molecule has 0 heterocycles. The number of hydrogen-bond acceptors (Lipinski definition) is 1. The molecular weight excluding hydrogens is 256 g/mol. The Hall–Kier alpha value is -2.20. The molecule has 0 aromatic heterocycles. The van der Waals surface area contributed by atoms with Gasteiger partial charge in [-0.05, 0) is 48.2 Å². The van der Waals surface area contributed by atoms with E-state index in [4.69, 9.17) is 4.74 Å². The monoisotopic (exact) mass is 278 g/mol. The number of benzene rings is 2. The molecule has 0 saturated carbocycles. The summed E-state index contributed by atoms with van der Waals surface area (Å²) in [6.07, 6.45) is 1.84. The number of rotatable bonds is 4. The number of ether oxygens (including phenoxy) is 1. The maximum absolute atomic E-state index is 5.86. The van der Waals surface area contributed by atoms with Crippen molar-refractivity contribution in [2.24, 2.45) is 0 Å². The number of hydrogen-bond donors (Lipinski definition) is 0. The van der Waals surface area contributed by atoms with Crippen LogP contribution in [0.4, 0.5) is 0 Å². The van der Waals surface area contributed by atoms with Crippen molar-refractivity contribution in [2.45, 2.75) is 39.5 Å². The molecule has 0 N–H and O–H groups in total. The second-order valence-electron chi connectivity index (χ2n) is 5.25. The van der Waals surface area contributed by atoms with Gasteiger partial charge in [0.1, 0.15) is 11.5 Å². The van der Waals surface area contributed by atoms with Crippen LogP contribution in [0.15, 0.2) is 48.5 Å². The van der Waals surface area contributed by atoms with E-state index in [-0.39, 0.29) is 0 Å². The Morgan fingerprint density at radius 2 is 1.76 bits per heavy atom. The first-order valence-electron chi connectivity index (χ1n) is 7.50. The lowest BCUT2D eigenvalue weighted by Gasteiger charge is -2.14. The lowest BCUT2D eigenvalue weighted by molar-refractivity contribution is 0.482. The van der Waals surface area contributed by atoms with E-state index in [0.717, 1.165) is 24.3 Å². The molecule has 1 nitrogen and oxygen atoms in total. The van der Waals surface area contributed by atoms with E-state index in [9.17, 15) is 0 Å². The van der Waals surface area contributed by atoms with Crippen LogP contribution < -0.4 is 4.74 Å². The van der Waals surface area contributed by atoms with Crippen molar-refractivity contribution < 1.29 is 4.74 Å². The smallest absolute Gasteiger partial charge is 0.127 e. The zero-order valence-corrected chi connectivity index (χ0v) is 13.0. The Morgan fingerprint density at radius 1 is 1.00 bits per heavy atom. The minimum atomic E-state index is 0.454. The normalized spacial score (nSPS) is 11.4. The predicted molar refractivity (Wildman–Crippen MR) is 88.8 cm³/mol. The number of para-hydroxylation sites is 1. The summed E-state index contributed by atoms with van der Waals surface area (Å²) in [6.45, 7) is 6.44. The van der Waals surface area contributed by atoms with Crippen LogP contribution in [0, 0.1) is 18.8 Å². The summed E-state index contributed by atoms with van der Waals surface area (Å²) < 4.78 is 5.86. The molecule has 0 saturated heterocycles. The SMILES string of the molecule is CCC#CCC(C)c1ccc(Oc2ccccc2)cc1C. The molecular formula is C20H22O. The molecule has 0 aliphatic rings. The van der Waals surface area contributed by atoms with E-state index in [1.165, 1.54) is 11.1 Å². The summed E-state index contributed by atoms with van der Waals surface area (Å²) in [6, 6.07) is 16.2. The predicted octanol–water partition coefficient (Wildman–Crippen LogP) is 5.69. The molecule has 0 aliphatic heterocycles. The average Bonchev–Trinajstić information content (AvgIpc) is 2.48. The molecule has 2 aromatic carbocycles. The average molecular weight is 278 g/mol. The first-order valence-corrected chi connectivity index (χ1v) is 7.50. The highest BCUT2D eigenvalue weighted by Crippen LogP contribution is 2.28. The Bertz CT molecular complexity index is 632. The molecule has 2 rings (SSSR count). The molecule has 0 fully saturated rings. The van der Waals surface area contributed by atoms with E-state index in [2.05, 4.69) is 44.7 Å². The third-order valence-electron chi connectivity index (χ3n) is 3.46. The van der Waals surface area contributed by atoms with E-state index < -0.39 is 0 Å². The third-order valence-corrected chi connectivity index (χ3v) is 3.46. The first-order chi connectivity index (χ1) is 10.2. The molecule has 0 bridgehead atoms. The molecule has 0 aliphatic carbocycles. The molecule has 1 heteroatoms. The van der Waals surface area contributed by atoms with Gasteiger partial charge >= 0.3 is 0 Å². The van der Waals surface area contributed by atoms with Crippen LogP contribution in [-0.4, -0.2) is 0 Å². The molecule has 2 aromatic rings. The van der Waals surface area contributed by atoms with Gasteiger partial charge in [0.05, 0.1) is 0 Å². The van der Waals surface area contributed by atoms with Crippen LogP contribution in [0.1, 0.15) is 43.7 Å². The second kappa shape index (κ2) is 7.55. The fourth-order valence-electron chi connectivity index (χ4n) is 2.35. The lowest BCUT2D eigenvalue weighted by Crippen LogP contribution is -1.96. The summed E-state index contributed by atoms with van der Waals surface area (Å²) in [7, 11) is 0. The Kier molecular flexibility index (Phi) is 5.46. The Balaban J connectivity index is 2.10. The van der Waals surface area contributed by atoms with Crippen molar-refractivity contribution in [3.63, 3.8) is 0 Å². The minimum Gasteiger partial charge on any atom is -0.457 e. The van der Waals surface area contributed by atoms with Crippen molar-refractivity contribution >= 4 is 0 Å². The molecule has 0 amide bonds. The van der Waals surface area contributed by atoms with Gasteiger partial charge in [-0.1, -0.05) is 38.1 Å². The van der Waals surface area contributed by atoms with Gasteiger partial charge in [-0.2, -0.15) is 0 Å². The highest BCUT2D eigenvalue weighted by Gasteiger charge is 2.08. The van der Waals surface area contributed by atoms with E-state index in [0.29, 0.717) is 5.92 Å². The first kappa shape index (κ1) is 15.2. The van der Waals surface area contributed by atoms with Gasteiger partial charge in [0.25, 0.3) is 0 Å². The highest BCUT2D eigenvalue weighted by molar-refractivity contribution is 5.39. The van der Waals surface area contributed by atoms with Gasteiger partial charge in [0, 0.05) is 12.8 Å². The zero-order valence-electron chi connectivity index (χ0n) is 13.0. The van der Waals surface area contributed by atoms with Crippen molar-refractivity contribution in [3.8, 4) is 23.3 Å². The Morgan fingerprint density at radius 3 is 2.43 bits per heavy atom. The van der Waals surface area contributed by atoms with Gasteiger partial charge in [0.2, 0.25) is 0 Å². The Labute approximate surface area is 128 Å². The van der Waals surface area contributed by atoms with Crippen molar-refractivity contribution in [1.82, 2.24) is 0 Å². The summed E-state index contributed by atoms with van der Waals surface area (Å²) in [5, 5.41) is 0. The zero-order chi connectivity index (χ0) is 15.1. The maximum atomic E-state index is 5.86. The van der Waals surface area contributed by atoms with E-state index in [1.807, 2.05) is 36.4 Å². The number of aryl methyl sites for hydroxylation is 1. The summed E-state index contributed by atoms with van der Waals surface area (Å²) in [4.78, 5) is 0. The van der Waals surface area contributed by atoms with Gasteiger partial charge in [-0.25, -0.2) is 0 Å². The van der Waals surface area contributed by atoms with Gasteiger partial charge in [-0.3, -0.25) is 0 Å². The second-order valence-corrected chi connectivity index (χ2v) is 5.25. The van der Waals surface area contributed by atoms with Crippen LogP contribution in [0.2, 0.25) is 0 Å². The molecule has 1 unspecified atom stereocenters. The third kappa shape index (κ3) is 4.39. The summed E-state index contributed by atoms with van der Waals surface area (Å²) in [5.41, 5.74) is 2.61. The van der Waals surface area contributed by atoms with Gasteiger partial charge in [-0.15, -0.1) is 11.8 Å². The molecule has 0 radical (unpaired) electrons. The maximum Gasteiger partial charge on any atom is 0.127 e. The topological polar surface area (TPSA) is 9.23 Å². The largest absolute Gasteiger partial charge is 0.457 e. The summed E-state index contributed by atoms with van der Waals surface area (Å²) >= 11 is 0. The van der Waals surface area contributed by atoms with Crippen molar-refractivity contribution in [3.05, 3.63) is 59.7 Å². The van der Waals surface area contributed by atoms with E-state index in [1.54, 1.807) is 0 Å². The fourth-order valence-corrected chi connectivity index (χ4v) is 2.35. The highest BCUT2D eigenvalue weighted by atomic mass is 16.5. The van der Waals surface area contributed by atoms with Crippen molar-refractivity contribution in [2.75, 3.05) is 0 Å². The molecule has 0 spiro atoms. The van der Waals surface area contributed by atoms with Crippen LogP contribution in [0.5, 0.6) is 11.5 Å². The summed E-state index contributed by atoms with van der Waals surface area (Å²) in [5.74, 6) is 8.58. The molecule has 21 heavy (non-hydrogen) atoms. The van der Waals surface area contributed by atoms with Crippen LogP contribution >= 0.6 is 0 Å². The van der Waals surface area contributed by atoms with E-state index >= 15 is 0 Å².